The summed E-state index contributed by atoms with van der Waals surface area (Å²) < 4.78 is 0. The molecular formula is C40H62N10O12. The zero-order chi connectivity index (χ0) is 47.0. The lowest BCUT2D eigenvalue weighted by molar-refractivity contribution is -0.156. The summed E-state index contributed by atoms with van der Waals surface area (Å²) in [5, 5.41) is 31.5. The molecule has 10 amide bonds. The monoisotopic (exact) mass is 874 g/mol. The zero-order valence-electron chi connectivity index (χ0n) is 35.7. The van der Waals surface area contributed by atoms with E-state index in [9.17, 15) is 58.2 Å². The molecule has 22 heteroatoms. The normalized spacial score (nSPS) is 17.0. The van der Waals surface area contributed by atoms with Gasteiger partial charge in [-0.2, -0.15) is 0 Å². The molecule has 1 aromatic rings. The Balaban J connectivity index is 2.64. The minimum atomic E-state index is -2.03. The number of hydrogen-bond donors (Lipinski definition) is 10. The minimum absolute atomic E-state index is 0.199. The molecule has 0 bridgehead atoms. The van der Waals surface area contributed by atoms with Crippen LogP contribution in [0.2, 0.25) is 0 Å². The molecule has 14 N–H and O–H groups in total. The Morgan fingerprint density at radius 1 is 0.823 bits per heavy atom. The molecule has 1 heterocycles. The molecule has 344 valence electrons. The van der Waals surface area contributed by atoms with Gasteiger partial charge in [-0.25, -0.2) is 0 Å². The highest BCUT2D eigenvalue weighted by atomic mass is 16.3. The van der Waals surface area contributed by atoms with Crippen LogP contribution in [-0.4, -0.2) is 141 Å². The molecular weight excluding hydrogens is 812 g/mol. The number of primary amides is 3. The predicted octanol–water partition coefficient (Wildman–Crippen LogP) is -4.09. The van der Waals surface area contributed by atoms with E-state index in [-0.39, 0.29) is 6.42 Å². The maximum atomic E-state index is 14.4. The van der Waals surface area contributed by atoms with Crippen molar-refractivity contribution in [2.24, 2.45) is 34.8 Å². The molecule has 8 atom stereocenters. The Kier molecular flexibility index (Phi) is 20.7. The number of aliphatic hydroxyl groups is 2. The summed E-state index contributed by atoms with van der Waals surface area (Å²) in [4.78, 5) is 134. The van der Waals surface area contributed by atoms with Gasteiger partial charge in [0.2, 0.25) is 53.2 Å². The average molecular weight is 875 g/mol. The van der Waals surface area contributed by atoms with Crippen LogP contribution in [0, 0.1) is 11.8 Å². The summed E-state index contributed by atoms with van der Waals surface area (Å²) in [6.07, 6.45) is -3.97. The third-order valence-corrected chi connectivity index (χ3v) is 10.2. The molecule has 22 nitrogen and oxygen atoms in total. The van der Waals surface area contributed by atoms with Crippen molar-refractivity contribution in [1.29, 1.82) is 0 Å². The van der Waals surface area contributed by atoms with E-state index >= 15 is 0 Å². The van der Waals surface area contributed by atoms with Crippen molar-refractivity contribution >= 4 is 59.1 Å². The third kappa shape index (κ3) is 15.3. The molecule has 1 aliphatic rings. The molecule has 0 radical (unpaired) electrons. The summed E-state index contributed by atoms with van der Waals surface area (Å²) in [5.41, 5.74) is 22.4. The molecule has 1 saturated heterocycles. The van der Waals surface area contributed by atoms with E-state index in [0.29, 0.717) is 29.8 Å². The highest BCUT2D eigenvalue weighted by molar-refractivity contribution is 6.05. The van der Waals surface area contributed by atoms with Crippen molar-refractivity contribution in [1.82, 2.24) is 31.1 Å². The second-order valence-corrected chi connectivity index (χ2v) is 15.9. The largest absolute Gasteiger partial charge is 0.394 e. The second-order valence-electron chi connectivity index (χ2n) is 15.9. The first-order valence-electron chi connectivity index (χ1n) is 20.3. The zero-order valence-corrected chi connectivity index (χ0v) is 35.7. The fourth-order valence-corrected chi connectivity index (χ4v) is 6.94. The van der Waals surface area contributed by atoms with E-state index in [2.05, 4.69) is 21.3 Å². The molecule has 1 fully saturated rings. The maximum Gasteiger partial charge on any atom is 0.252 e. The lowest BCUT2D eigenvalue weighted by Gasteiger charge is -2.36. The first-order valence-corrected chi connectivity index (χ1v) is 20.3. The van der Waals surface area contributed by atoms with Crippen molar-refractivity contribution in [3.05, 3.63) is 35.9 Å². The number of nitrogens with one attached hydrogen (secondary N) is 4. The van der Waals surface area contributed by atoms with Crippen LogP contribution >= 0.6 is 0 Å². The van der Waals surface area contributed by atoms with E-state index in [0.717, 1.165) is 11.8 Å². The van der Waals surface area contributed by atoms with Crippen LogP contribution in [0.25, 0.3) is 0 Å². The Morgan fingerprint density at radius 2 is 1.45 bits per heavy atom. The predicted molar refractivity (Wildman–Crippen MR) is 221 cm³/mol. The summed E-state index contributed by atoms with van der Waals surface area (Å²) >= 11 is 0. The van der Waals surface area contributed by atoms with Gasteiger partial charge in [0.15, 0.2) is 0 Å². The fourth-order valence-electron chi connectivity index (χ4n) is 6.94. The number of carbonyl (C=O) groups excluding carboxylic acids is 10. The first kappa shape index (κ1) is 52.3. The number of carbonyl (C=O) groups is 10. The summed E-state index contributed by atoms with van der Waals surface area (Å²) in [6.45, 7) is 6.92. The van der Waals surface area contributed by atoms with Crippen molar-refractivity contribution in [2.75, 3.05) is 13.2 Å². The van der Waals surface area contributed by atoms with Gasteiger partial charge in [0.05, 0.1) is 37.6 Å². The lowest BCUT2D eigenvalue weighted by atomic mass is 9.95. The molecule has 1 aromatic carbocycles. The van der Waals surface area contributed by atoms with E-state index in [4.69, 9.17) is 22.9 Å². The standard InChI is InChI=1S/C40H62N10O12/c1-20(2)33(35(44)57)48-38(60)34(21(3)4)50(39(61)25-12-9-15-45-25)32(56)18-29(53)27(16-23-10-7-6-8-11-23)47-37(59)28(17-31(43)55)49(22(5)52)40(62)26(13-14-30(42)54)46-36(58)24(41)19-51/h6-8,10-11,20-21,24-29,33-34,45,51,53H,9,12-19,41H2,1-5H3,(H2,42,54)(H2,43,55)(H2,44,57)(H,46,58)(H,47,59)(H,48,60)/t24-,25-,26-,27?,28-,29?,33-,34-/m0/s1. The Bertz CT molecular complexity index is 1790. The highest BCUT2D eigenvalue weighted by Crippen LogP contribution is 2.21. The Hall–Kier alpha value is -5.84. The minimum Gasteiger partial charge on any atom is -0.394 e. The fraction of sp³-hybridized carbons (Fsp3) is 0.600. The molecule has 0 saturated carbocycles. The molecule has 62 heavy (non-hydrogen) atoms. The van der Waals surface area contributed by atoms with Crippen LogP contribution in [0.4, 0.5) is 0 Å². The number of hydrogen-bond acceptors (Lipinski definition) is 14. The van der Waals surface area contributed by atoms with Gasteiger partial charge in [-0.3, -0.25) is 57.7 Å². The van der Waals surface area contributed by atoms with Gasteiger partial charge in [-0.15, -0.1) is 0 Å². The number of rotatable bonds is 24. The highest BCUT2D eigenvalue weighted by Gasteiger charge is 2.44. The quantitative estimate of drug-likeness (QED) is 0.0472. The molecule has 2 rings (SSSR count). The average Bonchev–Trinajstić information content (AvgIpc) is 3.74. The number of benzene rings is 1. The van der Waals surface area contributed by atoms with Gasteiger partial charge in [0, 0.05) is 13.3 Å². The Labute approximate surface area is 359 Å². The van der Waals surface area contributed by atoms with Gasteiger partial charge in [-0.05, 0) is 49.6 Å². The van der Waals surface area contributed by atoms with Crippen molar-refractivity contribution in [3.63, 3.8) is 0 Å². The van der Waals surface area contributed by atoms with Gasteiger partial charge in [0.25, 0.3) is 5.91 Å². The van der Waals surface area contributed by atoms with E-state index in [1.807, 2.05) is 0 Å². The maximum absolute atomic E-state index is 14.4. The SMILES string of the molecule is CC(=O)N(C(=O)[C@H](CCC(N)=O)NC(=O)[C@@H](N)CO)[C@@H](CC(N)=O)C(=O)NC(Cc1ccccc1)C(O)CC(=O)N(C(=O)[C@@H]1CCCN1)[C@H](C(=O)N[C@H](C(N)=O)C(C)C)C(C)C. The van der Waals surface area contributed by atoms with Crippen LogP contribution in [0.3, 0.4) is 0 Å². The van der Waals surface area contributed by atoms with Crippen molar-refractivity contribution < 1.29 is 58.2 Å². The van der Waals surface area contributed by atoms with Gasteiger partial charge < -0.3 is 54.4 Å². The number of aliphatic hydroxyl groups excluding tert-OH is 2. The molecule has 0 aliphatic carbocycles. The van der Waals surface area contributed by atoms with E-state index < -0.39 is 152 Å². The van der Waals surface area contributed by atoms with Gasteiger partial charge >= 0.3 is 0 Å². The third-order valence-electron chi connectivity index (χ3n) is 10.2. The molecule has 0 aromatic heterocycles. The number of amides is 10. The summed E-state index contributed by atoms with van der Waals surface area (Å²) in [6, 6.07) is -2.00. The second kappa shape index (κ2) is 24.6. The number of imide groups is 2. The number of nitrogens with two attached hydrogens (primary N) is 4. The van der Waals surface area contributed by atoms with Crippen LogP contribution in [0.1, 0.15) is 78.7 Å². The van der Waals surface area contributed by atoms with Gasteiger partial charge in [0.1, 0.15) is 30.2 Å². The smallest absolute Gasteiger partial charge is 0.252 e. The van der Waals surface area contributed by atoms with Crippen LogP contribution in [0.5, 0.6) is 0 Å². The van der Waals surface area contributed by atoms with Crippen LogP contribution in [0.15, 0.2) is 30.3 Å². The number of nitrogens with zero attached hydrogens (tertiary/aromatic N) is 2. The lowest BCUT2D eigenvalue weighted by Crippen LogP contribution is -2.62. The van der Waals surface area contributed by atoms with Crippen molar-refractivity contribution in [2.45, 2.75) is 128 Å². The summed E-state index contributed by atoms with van der Waals surface area (Å²) in [5.74, 6) is -11.4. The van der Waals surface area contributed by atoms with Gasteiger partial charge in [-0.1, -0.05) is 58.0 Å². The van der Waals surface area contributed by atoms with E-state index in [1.54, 1.807) is 58.0 Å². The topological polar surface area (TPSA) is 370 Å². The van der Waals surface area contributed by atoms with Crippen molar-refractivity contribution in [3.8, 4) is 0 Å². The Morgan fingerprint density at radius 3 is 1.94 bits per heavy atom. The van der Waals surface area contributed by atoms with E-state index in [1.165, 1.54) is 0 Å². The molecule has 0 spiro atoms. The van der Waals surface area contributed by atoms with Crippen LogP contribution < -0.4 is 44.2 Å². The first-order chi connectivity index (χ1) is 29.0. The van der Waals surface area contributed by atoms with Crippen LogP contribution in [-0.2, 0) is 54.4 Å². The molecule has 1 aliphatic heterocycles. The summed E-state index contributed by atoms with van der Waals surface area (Å²) in [7, 11) is 0. The molecule has 2 unspecified atom stereocenters.